The van der Waals surface area contributed by atoms with Crippen LogP contribution in [0.4, 0.5) is 0 Å². The molecule has 1 aromatic rings. The maximum absolute atomic E-state index is 10.9. The lowest BCUT2D eigenvalue weighted by atomic mass is 10.4. The number of hydrogen-bond acceptors (Lipinski definition) is 2. The van der Waals surface area contributed by atoms with Gasteiger partial charge in [0.1, 0.15) is 0 Å². The molecule has 0 spiro atoms. The lowest BCUT2D eigenvalue weighted by molar-refractivity contribution is 0.0950. The number of amides is 1. The van der Waals surface area contributed by atoms with E-state index in [4.69, 9.17) is 0 Å². The summed E-state index contributed by atoms with van der Waals surface area (Å²) < 4.78 is 0. The molecule has 1 heterocycles. The largest absolute Gasteiger partial charge is 0.351 e. The smallest absolute Gasteiger partial charge is 0.272 e. The minimum absolute atomic E-state index is 0.191. The Hall–Kier alpha value is -1.32. The molecule has 53 valence electrons. The first-order valence-corrected chi connectivity index (χ1v) is 3.04. The number of aromatic amines is 1. The first-order valence-electron chi connectivity index (χ1n) is 3.04. The third kappa shape index (κ3) is 1.34. The molecule has 4 nitrogen and oxygen atoms in total. The van der Waals surface area contributed by atoms with Crippen LogP contribution in [0.25, 0.3) is 0 Å². The fourth-order valence-electron chi connectivity index (χ4n) is 0.590. The Morgan fingerprint density at radius 1 is 2.00 bits per heavy atom. The summed E-state index contributed by atoms with van der Waals surface area (Å²) >= 11 is 0. The molecule has 0 aromatic carbocycles. The molecule has 0 aliphatic rings. The van der Waals surface area contributed by atoms with Crippen molar-refractivity contribution >= 4 is 5.91 Å². The Kier molecular flexibility index (Phi) is 2.04. The summed E-state index contributed by atoms with van der Waals surface area (Å²) in [6.07, 6.45) is 1.49. The first-order chi connectivity index (χ1) is 4.84. The van der Waals surface area contributed by atoms with Gasteiger partial charge in [0.2, 0.25) is 0 Å². The fourth-order valence-corrected chi connectivity index (χ4v) is 0.590. The van der Waals surface area contributed by atoms with Gasteiger partial charge in [-0.3, -0.25) is 9.89 Å². The van der Waals surface area contributed by atoms with E-state index in [1.54, 1.807) is 0 Å². The van der Waals surface area contributed by atoms with Gasteiger partial charge in [0, 0.05) is 18.8 Å². The normalized spacial score (nSPS) is 9.30. The van der Waals surface area contributed by atoms with E-state index in [0.29, 0.717) is 12.2 Å². The van der Waals surface area contributed by atoms with E-state index in [1.807, 2.05) is 6.92 Å². The third-order valence-electron chi connectivity index (χ3n) is 1.00. The van der Waals surface area contributed by atoms with Crippen molar-refractivity contribution < 1.29 is 4.79 Å². The number of carbonyl (C=O) groups excluding carboxylic acids is 1. The summed E-state index contributed by atoms with van der Waals surface area (Å²) in [5, 5.41) is 8.74. The Morgan fingerprint density at radius 2 is 2.80 bits per heavy atom. The number of nitrogens with zero attached hydrogens (tertiary/aromatic N) is 1. The maximum Gasteiger partial charge on any atom is 0.272 e. The molecule has 10 heavy (non-hydrogen) atoms. The van der Waals surface area contributed by atoms with Crippen LogP contribution in [0.15, 0.2) is 6.20 Å². The van der Waals surface area contributed by atoms with Gasteiger partial charge in [0.15, 0.2) is 5.69 Å². The van der Waals surface area contributed by atoms with E-state index in [2.05, 4.69) is 21.6 Å². The first kappa shape index (κ1) is 6.80. The van der Waals surface area contributed by atoms with Gasteiger partial charge in [-0.05, 0) is 6.92 Å². The van der Waals surface area contributed by atoms with E-state index in [9.17, 15) is 4.79 Å². The molecule has 0 fully saturated rings. The Morgan fingerprint density at radius 3 is 3.30 bits per heavy atom. The third-order valence-corrected chi connectivity index (χ3v) is 1.00. The molecule has 0 saturated heterocycles. The van der Waals surface area contributed by atoms with Gasteiger partial charge in [0.25, 0.3) is 5.91 Å². The second kappa shape index (κ2) is 3.00. The minimum Gasteiger partial charge on any atom is -0.351 e. The quantitative estimate of drug-likeness (QED) is 0.602. The molecule has 2 N–H and O–H groups in total. The van der Waals surface area contributed by atoms with Crippen molar-refractivity contribution in [2.24, 2.45) is 0 Å². The predicted molar refractivity (Wildman–Crippen MR) is 35.4 cm³/mol. The molecule has 1 rings (SSSR count). The van der Waals surface area contributed by atoms with E-state index < -0.39 is 0 Å². The van der Waals surface area contributed by atoms with Gasteiger partial charge >= 0.3 is 0 Å². The monoisotopic (exact) mass is 138 g/mol. The number of nitrogens with one attached hydrogen (secondary N) is 2. The van der Waals surface area contributed by atoms with Crippen LogP contribution in [-0.4, -0.2) is 22.6 Å². The van der Waals surface area contributed by atoms with Crippen molar-refractivity contribution in [2.45, 2.75) is 6.92 Å². The van der Waals surface area contributed by atoms with Crippen LogP contribution in [-0.2, 0) is 0 Å². The second-order valence-corrected chi connectivity index (χ2v) is 1.74. The standard InChI is InChI=1S/C6H8N3O/c1-2-7-6(10)5-3-4-8-9-5/h4H,2H2,1H3,(H,7,10)(H,8,9). The lowest BCUT2D eigenvalue weighted by Crippen LogP contribution is -2.22. The molecule has 1 aromatic heterocycles. The second-order valence-electron chi connectivity index (χ2n) is 1.74. The Labute approximate surface area is 58.6 Å². The molecule has 1 amide bonds. The highest BCUT2D eigenvalue weighted by Gasteiger charge is 2.04. The van der Waals surface area contributed by atoms with Crippen molar-refractivity contribution in [1.82, 2.24) is 15.5 Å². The van der Waals surface area contributed by atoms with Gasteiger partial charge in [-0.25, -0.2) is 0 Å². The lowest BCUT2D eigenvalue weighted by Gasteiger charge is -1.94. The summed E-state index contributed by atoms with van der Waals surface area (Å²) in [4.78, 5) is 10.9. The zero-order valence-corrected chi connectivity index (χ0v) is 5.64. The van der Waals surface area contributed by atoms with Crippen LogP contribution in [0.3, 0.4) is 0 Å². The highest BCUT2D eigenvalue weighted by molar-refractivity contribution is 5.91. The summed E-state index contributed by atoms with van der Waals surface area (Å²) in [6, 6.07) is 2.64. The van der Waals surface area contributed by atoms with Crippen LogP contribution >= 0.6 is 0 Å². The number of aromatic nitrogens is 2. The van der Waals surface area contributed by atoms with Crippen LogP contribution in [0.1, 0.15) is 17.4 Å². The zero-order chi connectivity index (χ0) is 7.40. The molecule has 0 unspecified atom stereocenters. The van der Waals surface area contributed by atoms with Crippen molar-refractivity contribution in [3.05, 3.63) is 18.0 Å². The molecule has 0 aliphatic carbocycles. The van der Waals surface area contributed by atoms with Gasteiger partial charge in [-0.15, -0.1) is 0 Å². The van der Waals surface area contributed by atoms with Crippen molar-refractivity contribution in [1.29, 1.82) is 0 Å². The SMILES string of the molecule is CCNC(=O)c1[c]c[nH]n1. The van der Waals surface area contributed by atoms with Crippen LogP contribution in [0, 0.1) is 6.07 Å². The van der Waals surface area contributed by atoms with Crippen LogP contribution < -0.4 is 5.32 Å². The molecular weight excluding hydrogens is 130 g/mol. The molecule has 0 saturated carbocycles. The van der Waals surface area contributed by atoms with Crippen LogP contribution in [0.2, 0.25) is 0 Å². The molecular formula is C6H8N3O. The summed E-state index contributed by atoms with van der Waals surface area (Å²) in [6.45, 7) is 2.46. The number of carbonyl (C=O) groups is 1. The molecule has 0 atom stereocenters. The topological polar surface area (TPSA) is 57.8 Å². The summed E-state index contributed by atoms with van der Waals surface area (Å²) in [5.74, 6) is -0.191. The number of H-pyrrole nitrogens is 1. The predicted octanol–water partition coefficient (Wildman–Crippen LogP) is -0.0404. The van der Waals surface area contributed by atoms with Crippen molar-refractivity contribution in [2.75, 3.05) is 6.54 Å². The summed E-state index contributed by atoms with van der Waals surface area (Å²) in [5.41, 5.74) is 0.307. The number of rotatable bonds is 2. The molecule has 4 heteroatoms. The molecule has 0 bridgehead atoms. The average Bonchev–Trinajstić information content (AvgIpc) is 2.38. The van der Waals surface area contributed by atoms with E-state index in [1.165, 1.54) is 6.20 Å². The molecule has 0 aliphatic heterocycles. The summed E-state index contributed by atoms with van der Waals surface area (Å²) in [7, 11) is 0. The van der Waals surface area contributed by atoms with Gasteiger partial charge < -0.3 is 5.32 Å². The van der Waals surface area contributed by atoms with Crippen molar-refractivity contribution in [3.8, 4) is 0 Å². The zero-order valence-electron chi connectivity index (χ0n) is 5.64. The average molecular weight is 138 g/mol. The van der Waals surface area contributed by atoms with Gasteiger partial charge in [0.05, 0.1) is 0 Å². The maximum atomic E-state index is 10.9. The number of hydrogen-bond donors (Lipinski definition) is 2. The van der Waals surface area contributed by atoms with Crippen molar-refractivity contribution in [3.63, 3.8) is 0 Å². The van der Waals surface area contributed by atoms with Gasteiger partial charge in [-0.1, -0.05) is 0 Å². The Balaban J connectivity index is 2.59. The van der Waals surface area contributed by atoms with Crippen LogP contribution in [0.5, 0.6) is 0 Å². The van der Waals surface area contributed by atoms with Gasteiger partial charge in [-0.2, -0.15) is 5.10 Å². The fraction of sp³-hybridized carbons (Fsp3) is 0.333. The van der Waals surface area contributed by atoms with E-state index in [-0.39, 0.29) is 5.91 Å². The minimum atomic E-state index is -0.191. The van der Waals surface area contributed by atoms with E-state index in [0.717, 1.165) is 0 Å². The molecule has 1 radical (unpaired) electrons. The highest BCUT2D eigenvalue weighted by atomic mass is 16.1. The Bertz CT molecular complexity index is 205. The highest BCUT2D eigenvalue weighted by Crippen LogP contribution is 1.87. The van der Waals surface area contributed by atoms with E-state index >= 15 is 0 Å².